The number of fused-ring (bicyclic) bond motifs is 1. The molecular weight excluding hydrogens is 330 g/mol. The van der Waals surface area contributed by atoms with Gasteiger partial charge in [-0.1, -0.05) is 54.6 Å². The van der Waals surface area contributed by atoms with Crippen LogP contribution in [0.25, 0.3) is 0 Å². The Morgan fingerprint density at radius 2 is 1.74 bits per heavy atom. The van der Waals surface area contributed by atoms with Crippen molar-refractivity contribution >= 4 is 5.69 Å². The van der Waals surface area contributed by atoms with Crippen molar-refractivity contribution in [2.24, 2.45) is 0 Å². The number of benzene rings is 3. The van der Waals surface area contributed by atoms with Crippen LogP contribution < -0.4 is 10.1 Å². The molecule has 2 heteroatoms. The second-order valence-electron chi connectivity index (χ2n) is 7.26. The highest BCUT2D eigenvalue weighted by atomic mass is 16.5. The predicted octanol–water partition coefficient (Wildman–Crippen LogP) is 5.97. The van der Waals surface area contributed by atoms with E-state index < -0.39 is 0 Å². The van der Waals surface area contributed by atoms with Gasteiger partial charge < -0.3 is 10.1 Å². The van der Waals surface area contributed by atoms with Gasteiger partial charge in [-0.3, -0.25) is 0 Å². The maximum Gasteiger partial charge on any atom is 0.120 e. The standard InChI is InChI=1S/C25H27NO/c1-2-26-25-11-7-6-10-24(25)22-13-12-21-17-23(15-14-20(21)16-22)27-18-19-8-4-3-5-9-19/h3-11,14-15,17,22,26H,2,12-13,16,18H2,1H3. The molecule has 1 aliphatic carbocycles. The SMILES string of the molecule is CCNc1ccccc1C1CCc2cc(OCc3ccccc3)ccc2C1. The van der Waals surface area contributed by atoms with Gasteiger partial charge in [0.2, 0.25) is 0 Å². The third kappa shape index (κ3) is 4.16. The van der Waals surface area contributed by atoms with E-state index in [0.29, 0.717) is 12.5 Å². The minimum absolute atomic E-state index is 0.587. The number of aryl methyl sites for hydroxylation is 1. The number of rotatable bonds is 6. The Balaban J connectivity index is 1.46. The lowest BCUT2D eigenvalue weighted by atomic mass is 9.79. The van der Waals surface area contributed by atoms with Crippen LogP contribution in [0.5, 0.6) is 5.75 Å². The van der Waals surface area contributed by atoms with Gasteiger partial charge in [-0.2, -0.15) is 0 Å². The maximum atomic E-state index is 6.01. The van der Waals surface area contributed by atoms with Crippen molar-refractivity contribution in [3.05, 3.63) is 95.1 Å². The summed E-state index contributed by atoms with van der Waals surface area (Å²) in [6, 6.07) is 25.7. The summed E-state index contributed by atoms with van der Waals surface area (Å²) in [7, 11) is 0. The average Bonchev–Trinajstić information content (AvgIpc) is 2.73. The molecular formula is C25H27NO. The molecule has 1 N–H and O–H groups in total. The van der Waals surface area contributed by atoms with E-state index in [2.05, 4.69) is 79.0 Å². The van der Waals surface area contributed by atoms with Gasteiger partial charge in [0.15, 0.2) is 0 Å². The minimum atomic E-state index is 0.587. The predicted molar refractivity (Wildman–Crippen MR) is 113 cm³/mol. The fourth-order valence-electron chi connectivity index (χ4n) is 4.03. The molecule has 0 saturated carbocycles. The smallest absolute Gasteiger partial charge is 0.120 e. The van der Waals surface area contributed by atoms with Crippen molar-refractivity contribution in [3.63, 3.8) is 0 Å². The molecule has 0 spiro atoms. The van der Waals surface area contributed by atoms with Crippen LogP contribution in [0.3, 0.4) is 0 Å². The van der Waals surface area contributed by atoms with Crippen LogP contribution in [0.1, 0.15) is 41.5 Å². The van der Waals surface area contributed by atoms with Crippen molar-refractivity contribution in [1.82, 2.24) is 0 Å². The van der Waals surface area contributed by atoms with Crippen LogP contribution in [-0.4, -0.2) is 6.54 Å². The topological polar surface area (TPSA) is 21.3 Å². The van der Waals surface area contributed by atoms with E-state index in [9.17, 15) is 0 Å². The van der Waals surface area contributed by atoms with Gasteiger partial charge in [0.05, 0.1) is 0 Å². The van der Waals surface area contributed by atoms with Crippen LogP contribution in [-0.2, 0) is 19.4 Å². The van der Waals surface area contributed by atoms with Gasteiger partial charge in [0.1, 0.15) is 12.4 Å². The largest absolute Gasteiger partial charge is 0.489 e. The molecule has 3 aromatic rings. The summed E-state index contributed by atoms with van der Waals surface area (Å²) in [6.45, 7) is 3.74. The molecule has 1 aliphatic rings. The van der Waals surface area contributed by atoms with Gasteiger partial charge in [0.25, 0.3) is 0 Å². The van der Waals surface area contributed by atoms with E-state index in [-0.39, 0.29) is 0 Å². The quantitative estimate of drug-likeness (QED) is 0.587. The molecule has 0 heterocycles. The monoisotopic (exact) mass is 357 g/mol. The van der Waals surface area contributed by atoms with Crippen LogP contribution in [0.15, 0.2) is 72.8 Å². The zero-order valence-electron chi connectivity index (χ0n) is 15.9. The summed E-state index contributed by atoms with van der Waals surface area (Å²) in [4.78, 5) is 0. The highest BCUT2D eigenvalue weighted by Gasteiger charge is 2.22. The first-order valence-electron chi connectivity index (χ1n) is 9.95. The first-order chi connectivity index (χ1) is 13.3. The van der Waals surface area contributed by atoms with Crippen LogP contribution >= 0.6 is 0 Å². The summed E-state index contributed by atoms with van der Waals surface area (Å²) >= 11 is 0. The molecule has 0 aromatic heterocycles. The Morgan fingerprint density at radius 1 is 0.926 bits per heavy atom. The van der Waals surface area contributed by atoms with Gasteiger partial charge in [-0.15, -0.1) is 0 Å². The van der Waals surface area contributed by atoms with E-state index in [1.807, 2.05) is 6.07 Å². The fourth-order valence-corrected chi connectivity index (χ4v) is 4.03. The maximum absolute atomic E-state index is 6.01. The molecule has 27 heavy (non-hydrogen) atoms. The van der Waals surface area contributed by atoms with Crippen LogP contribution in [0.4, 0.5) is 5.69 Å². The Kier molecular flexibility index (Phi) is 5.43. The number of ether oxygens (including phenoxy) is 1. The van der Waals surface area contributed by atoms with Crippen molar-refractivity contribution in [1.29, 1.82) is 0 Å². The molecule has 1 unspecified atom stereocenters. The van der Waals surface area contributed by atoms with Gasteiger partial charge in [-0.05, 0) is 72.6 Å². The molecule has 2 nitrogen and oxygen atoms in total. The summed E-state index contributed by atoms with van der Waals surface area (Å²) in [5, 5.41) is 3.52. The molecule has 3 aromatic carbocycles. The first kappa shape index (κ1) is 17.7. The Labute approximate surface area is 162 Å². The normalized spacial score (nSPS) is 15.8. The highest BCUT2D eigenvalue weighted by Crippen LogP contribution is 2.37. The number of anilines is 1. The minimum Gasteiger partial charge on any atom is -0.489 e. The molecule has 0 fully saturated rings. The summed E-state index contributed by atoms with van der Waals surface area (Å²) in [6.07, 6.45) is 3.41. The van der Waals surface area contributed by atoms with Crippen molar-refractivity contribution in [2.75, 3.05) is 11.9 Å². The average molecular weight is 357 g/mol. The fraction of sp³-hybridized carbons (Fsp3) is 0.280. The first-order valence-corrected chi connectivity index (χ1v) is 9.95. The van der Waals surface area contributed by atoms with E-state index in [4.69, 9.17) is 4.74 Å². The van der Waals surface area contributed by atoms with Gasteiger partial charge in [-0.25, -0.2) is 0 Å². The van der Waals surface area contributed by atoms with Crippen molar-refractivity contribution < 1.29 is 4.74 Å². The zero-order valence-corrected chi connectivity index (χ0v) is 15.9. The second kappa shape index (κ2) is 8.30. The number of nitrogens with one attached hydrogen (secondary N) is 1. The lowest BCUT2D eigenvalue weighted by Gasteiger charge is -2.27. The van der Waals surface area contributed by atoms with Gasteiger partial charge in [0, 0.05) is 12.2 Å². The van der Waals surface area contributed by atoms with E-state index in [0.717, 1.165) is 25.1 Å². The highest BCUT2D eigenvalue weighted by molar-refractivity contribution is 5.54. The van der Waals surface area contributed by atoms with E-state index in [1.165, 1.54) is 34.4 Å². The summed E-state index contributed by atoms with van der Waals surface area (Å²) in [5.41, 5.74) is 6.85. The Hall–Kier alpha value is -2.74. The molecule has 0 saturated heterocycles. The molecule has 0 radical (unpaired) electrons. The summed E-state index contributed by atoms with van der Waals surface area (Å²) < 4.78 is 6.01. The summed E-state index contributed by atoms with van der Waals surface area (Å²) in [5.74, 6) is 1.56. The third-order valence-electron chi connectivity index (χ3n) is 5.42. The number of hydrogen-bond donors (Lipinski definition) is 1. The lowest BCUT2D eigenvalue weighted by molar-refractivity contribution is 0.305. The Bertz CT molecular complexity index is 888. The van der Waals surface area contributed by atoms with E-state index >= 15 is 0 Å². The molecule has 4 rings (SSSR count). The lowest BCUT2D eigenvalue weighted by Crippen LogP contribution is -2.15. The number of hydrogen-bond acceptors (Lipinski definition) is 2. The molecule has 0 bridgehead atoms. The van der Waals surface area contributed by atoms with Crippen molar-refractivity contribution in [3.8, 4) is 5.75 Å². The molecule has 0 aliphatic heterocycles. The number of para-hydroxylation sites is 1. The van der Waals surface area contributed by atoms with E-state index in [1.54, 1.807) is 0 Å². The third-order valence-corrected chi connectivity index (χ3v) is 5.42. The molecule has 1 atom stereocenters. The zero-order chi connectivity index (χ0) is 18.5. The molecule has 138 valence electrons. The van der Waals surface area contributed by atoms with Crippen molar-refractivity contribution in [2.45, 2.75) is 38.7 Å². The van der Waals surface area contributed by atoms with Gasteiger partial charge >= 0.3 is 0 Å². The van der Waals surface area contributed by atoms with Crippen LogP contribution in [0.2, 0.25) is 0 Å². The second-order valence-corrected chi connectivity index (χ2v) is 7.26. The van der Waals surface area contributed by atoms with Crippen LogP contribution in [0, 0.1) is 0 Å². The Morgan fingerprint density at radius 3 is 2.59 bits per heavy atom. The molecule has 0 amide bonds.